The number of hydrazone groups is 1. The van der Waals surface area contributed by atoms with Crippen LogP contribution in [0.3, 0.4) is 0 Å². The molecule has 0 fully saturated rings. The number of ether oxygens (including phenoxy) is 2. The van der Waals surface area contributed by atoms with Gasteiger partial charge in [0.2, 0.25) is 0 Å². The van der Waals surface area contributed by atoms with Gasteiger partial charge >= 0.3 is 17.8 Å². The molecular weight excluding hydrogens is 529 g/mol. The molecule has 3 rings (SSSR count). The van der Waals surface area contributed by atoms with Gasteiger partial charge in [0.05, 0.1) is 23.4 Å². The Kier molecular flexibility index (Phi) is 9.30. The number of hydrogen-bond acceptors (Lipinski definition) is 6. The van der Waals surface area contributed by atoms with Crippen molar-refractivity contribution in [2.75, 3.05) is 11.9 Å². The van der Waals surface area contributed by atoms with Gasteiger partial charge < -0.3 is 14.8 Å². The van der Waals surface area contributed by atoms with E-state index in [2.05, 4.69) is 15.8 Å². The second kappa shape index (κ2) is 12.4. The summed E-state index contributed by atoms with van der Waals surface area (Å²) >= 11 is 18.0. The van der Waals surface area contributed by atoms with Crippen molar-refractivity contribution in [1.29, 1.82) is 0 Å². The van der Waals surface area contributed by atoms with Crippen LogP contribution >= 0.6 is 34.8 Å². The Morgan fingerprint density at radius 1 is 0.944 bits per heavy atom. The summed E-state index contributed by atoms with van der Waals surface area (Å²) < 4.78 is 11.0. The Bertz CT molecular complexity index is 1340. The van der Waals surface area contributed by atoms with E-state index < -0.39 is 17.8 Å². The van der Waals surface area contributed by atoms with Crippen LogP contribution in [0, 0.1) is 6.92 Å². The molecule has 0 bridgehead atoms. The van der Waals surface area contributed by atoms with E-state index in [4.69, 9.17) is 44.3 Å². The second-order valence-corrected chi connectivity index (χ2v) is 8.47. The maximum absolute atomic E-state index is 12.5. The van der Waals surface area contributed by atoms with E-state index in [9.17, 15) is 14.4 Å². The number of amides is 2. The number of hydrogen-bond donors (Lipinski definition) is 2. The van der Waals surface area contributed by atoms with Gasteiger partial charge in [-0.2, -0.15) is 5.10 Å². The van der Waals surface area contributed by atoms with Crippen molar-refractivity contribution in [2.24, 2.45) is 5.10 Å². The lowest BCUT2D eigenvalue weighted by molar-refractivity contribution is -0.136. The van der Waals surface area contributed by atoms with Gasteiger partial charge in [-0.1, -0.05) is 40.9 Å². The van der Waals surface area contributed by atoms with Gasteiger partial charge in [-0.15, -0.1) is 0 Å². The number of nitrogens with one attached hydrogen (secondary N) is 2. The fourth-order valence-electron chi connectivity index (χ4n) is 2.91. The van der Waals surface area contributed by atoms with Crippen LogP contribution in [0.25, 0.3) is 0 Å². The molecule has 2 N–H and O–H groups in total. The van der Waals surface area contributed by atoms with E-state index in [1.807, 2.05) is 0 Å². The number of nitrogens with zero attached hydrogens (tertiary/aromatic N) is 1. The summed E-state index contributed by atoms with van der Waals surface area (Å²) in [4.78, 5) is 36.8. The molecule has 3 aromatic rings. The number of halogens is 3. The number of carbonyl (C=O) groups is 3. The lowest BCUT2D eigenvalue weighted by Crippen LogP contribution is -2.32. The van der Waals surface area contributed by atoms with Crippen LogP contribution in [0.1, 0.15) is 28.4 Å². The first kappa shape index (κ1) is 27.0. The first-order chi connectivity index (χ1) is 17.2. The van der Waals surface area contributed by atoms with Crippen LogP contribution in [0.15, 0.2) is 59.7 Å². The van der Waals surface area contributed by atoms with Gasteiger partial charge in [0, 0.05) is 15.7 Å². The number of anilines is 1. The highest BCUT2D eigenvalue weighted by Gasteiger charge is 2.17. The third-order valence-corrected chi connectivity index (χ3v) is 5.68. The summed E-state index contributed by atoms with van der Waals surface area (Å²) in [5.41, 5.74) is 3.85. The zero-order valence-corrected chi connectivity index (χ0v) is 21.4. The minimum Gasteiger partial charge on any atom is -0.490 e. The number of benzene rings is 3. The Morgan fingerprint density at radius 3 is 2.44 bits per heavy atom. The van der Waals surface area contributed by atoms with Gasteiger partial charge in [0.1, 0.15) is 0 Å². The summed E-state index contributed by atoms with van der Waals surface area (Å²) in [6.45, 7) is 3.78. The number of rotatable bonds is 7. The third kappa shape index (κ3) is 6.97. The fourth-order valence-corrected chi connectivity index (χ4v) is 3.57. The van der Waals surface area contributed by atoms with E-state index in [0.29, 0.717) is 33.5 Å². The summed E-state index contributed by atoms with van der Waals surface area (Å²) in [5, 5.41) is 7.28. The minimum absolute atomic E-state index is 0.142. The number of esters is 1. The fraction of sp³-hybridized carbons (Fsp3) is 0.120. The summed E-state index contributed by atoms with van der Waals surface area (Å²) in [6.07, 6.45) is 1.31. The Hall–Kier alpha value is -3.59. The summed E-state index contributed by atoms with van der Waals surface area (Å²) in [6, 6.07) is 14.0. The molecule has 0 saturated carbocycles. The zero-order valence-electron chi connectivity index (χ0n) is 19.1. The summed E-state index contributed by atoms with van der Waals surface area (Å²) in [7, 11) is 0. The maximum atomic E-state index is 12.5. The van der Waals surface area contributed by atoms with Gasteiger partial charge in [0.25, 0.3) is 0 Å². The SMILES string of the molecule is CCOc1cc(/C=N/NC(=O)C(=O)Nc2cccc(Cl)c2C)ccc1OC(=O)c1ccc(Cl)cc1Cl. The van der Waals surface area contributed by atoms with E-state index in [0.717, 1.165) is 0 Å². The van der Waals surface area contributed by atoms with E-state index in [1.54, 1.807) is 44.2 Å². The standard InChI is InChI=1S/C25H20Cl3N3O5/c1-3-35-22-11-15(7-10-21(22)36-25(34)17-9-8-16(26)12-19(17)28)13-29-31-24(33)23(32)30-20-6-4-5-18(27)14(20)2/h4-13H,3H2,1-2H3,(H,30,32)(H,31,33)/b29-13+. The molecule has 0 saturated heterocycles. The van der Waals surface area contributed by atoms with Crippen LogP contribution in [0.5, 0.6) is 11.5 Å². The van der Waals surface area contributed by atoms with Crippen molar-refractivity contribution < 1.29 is 23.9 Å². The van der Waals surface area contributed by atoms with Crippen molar-refractivity contribution in [2.45, 2.75) is 13.8 Å². The molecule has 0 aromatic heterocycles. The first-order valence-corrected chi connectivity index (χ1v) is 11.7. The molecule has 0 atom stereocenters. The highest BCUT2D eigenvalue weighted by atomic mass is 35.5. The molecule has 0 spiro atoms. The predicted molar refractivity (Wildman–Crippen MR) is 140 cm³/mol. The van der Waals surface area contributed by atoms with Crippen molar-refractivity contribution in [3.63, 3.8) is 0 Å². The van der Waals surface area contributed by atoms with Crippen molar-refractivity contribution in [1.82, 2.24) is 5.43 Å². The van der Waals surface area contributed by atoms with Crippen molar-refractivity contribution in [3.05, 3.63) is 86.4 Å². The number of carbonyl (C=O) groups excluding carboxylic acids is 3. The van der Waals surface area contributed by atoms with E-state index >= 15 is 0 Å². The monoisotopic (exact) mass is 547 g/mol. The molecule has 11 heteroatoms. The van der Waals surface area contributed by atoms with Gasteiger partial charge in [-0.25, -0.2) is 10.2 Å². The molecule has 0 unspecified atom stereocenters. The molecule has 0 aliphatic rings. The third-order valence-electron chi connectivity index (χ3n) is 4.72. The molecule has 36 heavy (non-hydrogen) atoms. The average Bonchev–Trinajstić information content (AvgIpc) is 2.83. The minimum atomic E-state index is -0.971. The van der Waals surface area contributed by atoms with E-state index in [-0.39, 0.29) is 22.1 Å². The van der Waals surface area contributed by atoms with Crippen LogP contribution in [-0.4, -0.2) is 30.6 Å². The Balaban J connectivity index is 1.66. The van der Waals surface area contributed by atoms with Crippen LogP contribution < -0.4 is 20.2 Å². The maximum Gasteiger partial charge on any atom is 0.345 e. The van der Waals surface area contributed by atoms with Crippen molar-refractivity contribution in [3.8, 4) is 11.5 Å². The molecular formula is C25H20Cl3N3O5. The normalized spacial score (nSPS) is 10.7. The molecule has 186 valence electrons. The molecule has 3 aromatic carbocycles. The average molecular weight is 549 g/mol. The van der Waals surface area contributed by atoms with Gasteiger partial charge in [-0.05, 0) is 73.5 Å². The second-order valence-electron chi connectivity index (χ2n) is 7.22. The first-order valence-electron chi connectivity index (χ1n) is 10.5. The van der Waals surface area contributed by atoms with Gasteiger partial charge in [0.15, 0.2) is 11.5 Å². The predicted octanol–water partition coefficient (Wildman–Crippen LogP) is 5.66. The smallest absolute Gasteiger partial charge is 0.345 e. The molecule has 0 aliphatic heterocycles. The van der Waals surface area contributed by atoms with E-state index in [1.165, 1.54) is 30.5 Å². The highest BCUT2D eigenvalue weighted by molar-refractivity contribution is 6.40. The largest absolute Gasteiger partial charge is 0.490 e. The molecule has 8 nitrogen and oxygen atoms in total. The summed E-state index contributed by atoms with van der Waals surface area (Å²) in [5.74, 6) is -2.14. The molecule has 0 aliphatic carbocycles. The van der Waals surface area contributed by atoms with Crippen molar-refractivity contribution >= 4 is 64.5 Å². The topological polar surface area (TPSA) is 106 Å². The molecule has 0 heterocycles. The highest BCUT2D eigenvalue weighted by Crippen LogP contribution is 2.30. The lowest BCUT2D eigenvalue weighted by Gasteiger charge is -2.12. The van der Waals surface area contributed by atoms with Crippen LogP contribution in [-0.2, 0) is 9.59 Å². The Labute approximate surface area is 222 Å². The van der Waals surface area contributed by atoms with Crippen LogP contribution in [0.4, 0.5) is 5.69 Å². The van der Waals surface area contributed by atoms with Crippen LogP contribution in [0.2, 0.25) is 15.1 Å². The molecule has 2 amide bonds. The Morgan fingerprint density at radius 2 is 1.72 bits per heavy atom. The van der Waals surface area contributed by atoms with Gasteiger partial charge in [-0.3, -0.25) is 9.59 Å². The quantitative estimate of drug-likeness (QED) is 0.130. The zero-order chi connectivity index (χ0) is 26.2. The molecule has 0 radical (unpaired) electrons. The lowest BCUT2D eigenvalue weighted by atomic mass is 10.2.